The standard InChI is InChI=1S/C25H21N3O5S/c1-4-12-32-18-11-10-15(13-19(18)31-5-2)21-20-22(29)16-8-6-7-9-17(16)33-23(20)24(30)28(21)25-27-26-14(3)34-25/h4,6-11,13,21H,1,5,12H2,2-3H3/t21-/m1/s1. The van der Waals surface area contributed by atoms with Crippen LogP contribution in [0.4, 0.5) is 5.13 Å². The van der Waals surface area contributed by atoms with Crippen LogP contribution in [0.25, 0.3) is 11.0 Å². The molecule has 2 aromatic carbocycles. The summed E-state index contributed by atoms with van der Waals surface area (Å²) in [7, 11) is 0. The maximum absolute atomic E-state index is 13.6. The van der Waals surface area contributed by atoms with E-state index in [9.17, 15) is 9.59 Å². The van der Waals surface area contributed by atoms with Crippen LogP contribution in [0.5, 0.6) is 11.5 Å². The number of rotatable bonds is 7. The fourth-order valence-corrected chi connectivity index (χ4v) is 4.76. The molecule has 0 radical (unpaired) electrons. The number of carbonyl (C=O) groups is 1. The molecule has 0 saturated heterocycles. The molecule has 0 aliphatic carbocycles. The summed E-state index contributed by atoms with van der Waals surface area (Å²) in [5.41, 5.74) is 1.02. The van der Waals surface area contributed by atoms with E-state index >= 15 is 0 Å². The molecule has 0 unspecified atom stereocenters. The normalized spacial score (nSPS) is 14.9. The lowest BCUT2D eigenvalue weighted by atomic mass is 9.98. The maximum Gasteiger partial charge on any atom is 0.297 e. The summed E-state index contributed by atoms with van der Waals surface area (Å²) in [6.07, 6.45) is 1.64. The van der Waals surface area contributed by atoms with Gasteiger partial charge in [-0.1, -0.05) is 42.2 Å². The number of aromatic nitrogens is 2. The fourth-order valence-electron chi connectivity index (χ4n) is 4.05. The van der Waals surface area contributed by atoms with Crippen LogP contribution in [0.2, 0.25) is 0 Å². The number of ether oxygens (including phenoxy) is 2. The molecule has 9 heteroatoms. The van der Waals surface area contributed by atoms with Crippen LogP contribution < -0.4 is 19.8 Å². The lowest BCUT2D eigenvalue weighted by molar-refractivity contribution is 0.0970. The van der Waals surface area contributed by atoms with E-state index in [-0.39, 0.29) is 16.8 Å². The van der Waals surface area contributed by atoms with Crippen LogP contribution in [0.3, 0.4) is 0 Å². The van der Waals surface area contributed by atoms with Gasteiger partial charge in [-0.05, 0) is 43.7 Å². The second kappa shape index (κ2) is 8.75. The molecule has 1 aliphatic rings. The highest BCUT2D eigenvalue weighted by Crippen LogP contribution is 2.44. The molecule has 0 saturated carbocycles. The Morgan fingerprint density at radius 2 is 1.97 bits per heavy atom. The molecule has 0 spiro atoms. The largest absolute Gasteiger partial charge is 0.490 e. The molecule has 0 N–H and O–H groups in total. The van der Waals surface area contributed by atoms with Crippen molar-refractivity contribution in [3.05, 3.63) is 87.2 Å². The molecule has 1 atom stereocenters. The Kier molecular flexibility index (Phi) is 5.62. The van der Waals surface area contributed by atoms with Crippen molar-refractivity contribution in [1.82, 2.24) is 10.2 Å². The van der Waals surface area contributed by atoms with Gasteiger partial charge in [0.05, 0.1) is 23.6 Å². The summed E-state index contributed by atoms with van der Waals surface area (Å²) in [5.74, 6) is 0.607. The molecule has 2 aromatic heterocycles. The third-order valence-electron chi connectivity index (χ3n) is 5.44. The molecule has 1 amide bonds. The van der Waals surface area contributed by atoms with E-state index in [4.69, 9.17) is 13.9 Å². The highest BCUT2D eigenvalue weighted by atomic mass is 32.1. The number of hydrogen-bond acceptors (Lipinski definition) is 8. The predicted molar refractivity (Wildman–Crippen MR) is 129 cm³/mol. The first kappa shape index (κ1) is 21.8. The summed E-state index contributed by atoms with van der Waals surface area (Å²) in [4.78, 5) is 28.6. The number of amides is 1. The molecule has 8 nitrogen and oxygen atoms in total. The quantitative estimate of drug-likeness (QED) is 0.359. The lowest BCUT2D eigenvalue weighted by Gasteiger charge is -2.23. The van der Waals surface area contributed by atoms with Gasteiger partial charge in [0.15, 0.2) is 16.9 Å². The van der Waals surface area contributed by atoms with Gasteiger partial charge in [-0.2, -0.15) is 0 Å². The molecule has 4 aromatic rings. The van der Waals surface area contributed by atoms with E-state index in [1.807, 2.05) is 13.0 Å². The highest BCUT2D eigenvalue weighted by Gasteiger charge is 2.45. The van der Waals surface area contributed by atoms with Crippen molar-refractivity contribution in [1.29, 1.82) is 0 Å². The average molecular weight is 476 g/mol. The van der Waals surface area contributed by atoms with E-state index in [1.165, 1.54) is 16.2 Å². The summed E-state index contributed by atoms with van der Waals surface area (Å²) >= 11 is 1.27. The Balaban J connectivity index is 1.74. The number of aryl methyl sites for hydroxylation is 1. The molecule has 1 aliphatic heterocycles. The Labute approximate surface area is 199 Å². The molecule has 34 heavy (non-hydrogen) atoms. The van der Waals surface area contributed by atoms with Gasteiger partial charge < -0.3 is 13.9 Å². The van der Waals surface area contributed by atoms with Crippen molar-refractivity contribution >= 4 is 33.3 Å². The van der Waals surface area contributed by atoms with Crippen molar-refractivity contribution in [3.8, 4) is 11.5 Å². The molecule has 0 fully saturated rings. The van der Waals surface area contributed by atoms with Crippen LogP contribution >= 0.6 is 11.3 Å². The van der Waals surface area contributed by atoms with Gasteiger partial charge >= 0.3 is 0 Å². The fraction of sp³-hybridized carbons (Fsp3) is 0.200. The van der Waals surface area contributed by atoms with Crippen molar-refractivity contribution in [2.75, 3.05) is 18.1 Å². The van der Waals surface area contributed by atoms with Crippen molar-refractivity contribution < 1.29 is 18.7 Å². The summed E-state index contributed by atoms with van der Waals surface area (Å²) < 4.78 is 17.5. The smallest absolute Gasteiger partial charge is 0.297 e. The van der Waals surface area contributed by atoms with Crippen molar-refractivity contribution in [2.24, 2.45) is 0 Å². The zero-order valence-corrected chi connectivity index (χ0v) is 19.4. The summed E-state index contributed by atoms with van der Waals surface area (Å²) in [6, 6.07) is 11.5. The van der Waals surface area contributed by atoms with Crippen LogP contribution in [0.15, 0.2) is 64.3 Å². The number of para-hydroxylation sites is 1. The lowest BCUT2D eigenvalue weighted by Crippen LogP contribution is -2.29. The molecule has 5 rings (SSSR count). The molecule has 0 bridgehead atoms. The van der Waals surface area contributed by atoms with E-state index in [0.29, 0.717) is 51.4 Å². The number of benzene rings is 2. The number of nitrogens with zero attached hydrogens (tertiary/aromatic N) is 3. The minimum absolute atomic E-state index is 0.00602. The highest BCUT2D eigenvalue weighted by molar-refractivity contribution is 7.15. The van der Waals surface area contributed by atoms with Gasteiger partial charge in [-0.25, -0.2) is 0 Å². The van der Waals surface area contributed by atoms with Gasteiger partial charge in [-0.15, -0.1) is 10.2 Å². The molecule has 172 valence electrons. The topological polar surface area (TPSA) is 94.8 Å². The van der Waals surface area contributed by atoms with Gasteiger partial charge in [0.2, 0.25) is 10.9 Å². The first-order chi connectivity index (χ1) is 16.5. The van der Waals surface area contributed by atoms with Crippen LogP contribution in [-0.4, -0.2) is 29.3 Å². The zero-order valence-electron chi connectivity index (χ0n) is 18.6. The second-order valence-corrected chi connectivity index (χ2v) is 8.75. The van der Waals surface area contributed by atoms with E-state index in [1.54, 1.807) is 49.4 Å². The Morgan fingerprint density at radius 3 is 2.71 bits per heavy atom. The van der Waals surface area contributed by atoms with Crippen molar-refractivity contribution in [2.45, 2.75) is 19.9 Å². The second-order valence-electron chi connectivity index (χ2n) is 7.59. The number of anilines is 1. The van der Waals surface area contributed by atoms with Gasteiger partial charge in [-0.3, -0.25) is 14.5 Å². The Bertz CT molecular complexity index is 1480. The van der Waals surface area contributed by atoms with Gasteiger partial charge in [0, 0.05) is 0 Å². The van der Waals surface area contributed by atoms with Gasteiger partial charge in [0.1, 0.15) is 17.2 Å². The minimum Gasteiger partial charge on any atom is -0.490 e. The maximum atomic E-state index is 13.6. The predicted octanol–water partition coefficient (Wildman–Crippen LogP) is 4.67. The first-order valence-electron chi connectivity index (χ1n) is 10.7. The van der Waals surface area contributed by atoms with Crippen LogP contribution in [-0.2, 0) is 0 Å². The summed E-state index contributed by atoms with van der Waals surface area (Å²) in [6.45, 7) is 8.09. The number of carbonyl (C=O) groups excluding carboxylic acids is 1. The van der Waals surface area contributed by atoms with E-state index in [2.05, 4.69) is 16.8 Å². The SMILES string of the molecule is C=CCOc1ccc([C@@H]2c3c(oc4ccccc4c3=O)C(=O)N2c2nnc(C)s2)cc1OCC. The monoisotopic (exact) mass is 475 g/mol. The Hall–Kier alpha value is -3.98. The zero-order chi connectivity index (χ0) is 23.8. The third kappa shape index (κ3) is 3.54. The molecule has 3 heterocycles. The van der Waals surface area contributed by atoms with E-state index in [0.717, 1.165) is 0 Å². The first-order valence-corrected chi connectivity index (χ1v) is 11.5. The van der Waals surface area contributed by atoms with Crippen LogP contribution in [0.1, 0.15) is 39.7 Å². The third-order valence-corrected chi connectivity index (χ3v) is 6.28. The minimum atomic E-state index is -0.761. The van der Waals surface area contributed by atoms with Crippen LogP contribution in [0, 0.1) is 6.92 Å². The Morgan fingerprint density at radius 1 is 1.15 bits per heavy atom. The number of fused-ring (bicyclic) bond motifs is 2. The molecular weight excluding hydrogens is 454 g/mol. The average Bonchev–Trinajstić information content (AvgIpc) is 3.39. The molecular formula is C25H21N3O5S. The summed E-state index contributed by atoms with van der Waals surface area (Å²) in [5, 5.41) is 9.75. The van der Waals surface area contributed by atoms with Crippen molar-refractivity contribution in [3.63, 3.8) is 0 Å². The number of hydrogen-bond donors (Lipinski definition) is 0. The van der Waals surface area contributed by atoms with Gasteiger partial charge in [0.25, 0.3) is 5.91 Å². The van der Waals surface area contributed by atoms with E-state index < -0.39 is 11.9 Å².